The van der Waals surface area contributed by atoms with Crippen molar-refractivity contribution in [1.82, 2.24) is 5.32 Å². The van der Waals surface area contributed by atoms with E-state index in [-0.39, 0.29) is 18.9 Å². The molecule has 86 heavy (non-hydrogen) atoms. The monoisotopic (exact) mass is 1230 g/mol. The molecular formula is C67H123NO18. The molecule has 0 radical (unpaired) electrons. The molecule has 17 atom stereocenters. The summed E-state index contributed by atoms with van der Waals surface area (Å²) in [6.07, 6.45) is 29.8. The van der Waals surface area contributed by atoms with E-state index in [1.54, 1.807) is 6.08 Å². The SMILES string of the molecule is CCCCCCCCCC/C=C\CCCCCCCCCCCCCCCC(=O)NC(COC1OC(CO)C(OC2OC(CO)C(OC3OC(CO)C(O)C(O)C3O)C(O)C2O)C(O)C1O)C(O)/C=C/CC/C=C/CCCCCCCCCCCC. The molecule has 0 spiro atoms. The number of amides is 1. The van der Waals surface area contributed by atoms with E-state index in [4.69, 9.17) is 28.4 Å². The highest BCUT2D eigenvalue weighted by atomic mass is 16.8. The van der Waals surface area contributed by atoms with E-state index in [0.717, 1.165) is 38.5 Å². The van der Waals surface area contributed by atoms with E-state index >= 15 is 0 Å². The molecule has 3 aliphatic heterocycles. The Morgan fingerprint density at radius 1 is 0.407 bits per heavy atom. The van der Waals surface area contributed by atoms with E-state index < -0.39 is 124 Å². The first-order valence-electron chi connectivity index (χ1n) is 34.2. The minimum absolute atomic E-state index is 0.237. The number of ether oxygens (including phenoxy) is 6. The van der Waals surface area contributed by atoms with Gasteiger partial charge in [0, 0.05) is 6.42 Å². The average molecular weight is 1230 g/mol. The Labute approximate surface area is 517 Å². The molecule has 0 aliphatic carbocycles. The van der Waals surface area contributed by atoms with E-state index in [0.29, 0.717) is 12.8 Å². The first-order valence-corrected chi connectivity index (χ1v) is 34.2. The number of allylic oxidation sites excluding steroid dienone is 5. The molecule has 12 N–H and O–H groups in total. The van der Waals surface area contributed by atoms with Crippen molar-refractivity contribution in [3.8, 4) is 0 Å². The Kier molecular flexibility index (Phi) is 45.2. The third kappa shape index (κ3) is 31.8. The predicted octanol–water partition coefficient (Wildman–Crippen LogP) is 8.44. The van der Waals surface area contributed by atoms with Gasteiger partial charge in [0.25, 0.3) is 0 Å². The fraction of sp³-hybridized carbons (Fsp3) is 0.896. The molecule has 19 nitrogen and oxygen atoms in total. The summed E-state index contributed by atoms with van der Waals surface area (Å²) in [6, 6.07) is -0.989. The van der Waals surface area contributed by atoms with Crippen molar-refractivity contribution in [3.63, 3.8) is 0 Å². The maximum Gasteiger partial charge on any atom is 0.220 e. The Bertz CT molecular complexity index is 1710. The maximum absolute atomic E-state index is 13.4. The van der Waals surface area contributed by atoms with Gasteiger partial charge in [0.2, 0.25) is 5.91 Å². The van der Waals surface area contributed by atoms with Gasteiger partial charge in [0.05, 0.1) is 38.6 Å². The molecule has 17 unspecified atom stereocenters. The van der Waals surface area contributed by atoms with Crippen molar-refractivity contribution >= 4 is 5.91 Å². The van der Waals surface area contributed by atoms with Crippen LogP contribution in [0.3, 0.4) is 0 Å². The van der Waals surface area contributed by atoms with Gasteiger partial charge < -0.3 is 89.9 Å². The Morgan fingerprint density at radius 2 is 0.744 bits per heavy atom. The summed E-state index contributed by atoms with van der Waals surface area (Å²) in [4.78, 5) is 13.4. The highest BCUT2D eigenvalue weighted by Gasteiger charge is 2.53. The molecule has 0 saturated carbocycles. The second-order valence-electron chi connectivity index (χ2n) is 24.6. The molecule has 0 aromatic rings. The number of carbonyl (C=O) groups excluding carboxylic acids is 1. The van der Waals surface area contributed by atoms with Crippen LogP contribution in [0.5, 0.6) is 0 Å². The third-order valence-electron chi connectivity index (χ3n) is 17.2. The Hall–Kier alpha value is -1.99. The van der Waals surface area contributed by atoms with Gasteiger partial charge in [-0.3, -0.25) is 4.79 Å². The lowest BCUT2D eigenvalue weighted by Gasteiger charge is -2.48. The summed E-state index contributed by atoms with van der Waals surface area (Å²) in [7, 11) is 0. The highest BCUT2D eigenvalue weighted by molar-refractivity contribution is 5.76. The minimum Gasteiger partial charge on any atom is -0.394 e. The number of nitrogens with one attached hydrogen (secondary N) is 1. The van der Waals surface area contributed by atoms with Crippen LogP contribution < -0.4 is 5.32 Å². The van der Waals surface area contributed by atoms with Crippen LogP contribution >= 0.6 is 0 Å². The normalized spacial score (nSPS) is 29.0. The van der Waals surface area contributed by atoms with Crippen LogP contribution in [-0.2, 0) is 33.2 Å². The number of hydrogen-bond acceptors (Lipinski definition) is 18. The van der Waals surface area contributed by atoms with Crippen LogP contribution in [-0.4, -0.2) is 193 Å². The molecule has 3 saturated heterocycles. The fourth-order valence-corrected chi connectivity index (χ4v) is 11.6. The number of rotatable bonds is 52. The third-order valence-corrected chi connectivity index (χ3v) is 17.2. The van der Waals surface area contributed by atoms with Crippen LogP contribution in [0.2, 0.25) is 0 Å². The summed E-state index contributed by atoms with van der Waals surface area (Å²) >= 11 is 0. The fourth-order valence-electron chi connectivity index (χ4n) is 11.6. The van der Waals surface area contributed by atoms with Gasteiger partial charge >= 0.3 is 0 Å². The van der Waals surface area contributed by atoms with Crippen molar-refractivity contribution in [2.24, 2.45) is 0 Å². The van der Waals surface area contributed by atoms with Crippen LogP contribution in [0, 0.1) is 0 Å². The molecule has 3 heterocycles. The van der Waals surface area contributed by atoms with Crippen LogP contribution in [0.15, 0.2) is 36.5 Å². The lowest BCUT2D eigenvalue weighted by atomic mass is 9.96. The van der Waals surface area contributed by atoms with Crippen molar-refractivity contribution < 1.29 is 89.4 Å². The van der Waals surface area contributed by atoms with Gasteiger partial charge in [-0.25, -0.2) is 0 Å². The first-order chi connectivity index (χ1) is 41.8. The first kappa shape index (κ1) is 78.3. The second kappa shape index (κ2) is 49.7. The molecule has 3 rings (SSSR count). The molecule has 3 aliphatic rings. The smallest absolute Gasteiger partial charge is 0.220 e. The highest BCUT2D eigenvalue weighted by Crippen LogP contribution is 2.33. The lowest BCUT2D eigenvalue weighted by molar-refractivity contribution is -0.379. The zero-order valence-electron chi connectivity index (χ0n) is 53.0. The number of aliphatic hydroxyl groups is 11. The molecule has 504 valence electrons. The summed E-state index contributed by atoms with van der Waals surface area (Å²) < 4.78 is 34.3. The second-order valence-corrected chi connectivity index (χ2v) is 24.6. The average Bonchev–Trinajstić information content (AvgIpc) is 3.70. The summed E-state index contributed by atoms with van der Waals surface area (Å²) in [5, 5.41) is 120. The number of aliphatic hydroxyl groups excluding tert-OH is 11. The number of unbranched alkanes of at least 4 members (excludes halogenated alkanes) is 32. The summed E-state index contributed by atoms with van der Waals surface area (Å²) in [5.74, 6) is -0.284. The van der Waals surface area contributed by atoms with E-state index in [2.05, 4.69) is 43.5 Å². The van der Waals surface area contributed by atoms with Gasteiger partial charge in [0.1, 0.15) is 73.2 Å². The quantitative estimate of drug-likeness (QED) is 0.0201. The van der Waals surface area contributed by atoms with Crippen molar-refractivity contribution in [2.75, 3.05) is 26.4 Å². The van der Waals surface area contributed by atoms with E-state index in [9.17, 15) is 61.0 Å². The van der Waals surface area contributed by atoms with Crippen molar-refractivity contribution in [3.05, 3.63) is 36.5 Å². The minimum atomic E-state index is -1.98. The topological polar surface area (TPSA) is 307 Å². The van der Waals surface area contributed by atoms with Gasteiger partial charge in [-0.05, 0) is 57.8 Å². The van der Waals surface area contributed by atoms with E-state index in [1.807, 2.05) is 6.08 Å². The van der Waals surface area contributed by atoms with Crippen LogP contribution in [0.4, 0.5) is 0 Å². The molecular weight excluding hydrogens is 1110 g/mol. The van der Waals surface area contributed by atoms with Crippen molar-refractivity contribution in [2.45, 2.75) is 356 Å². The maximum atomic E-state index is 13.4. The Morgan fingerprint density at radius 3 is 1.16 bits per heavy atom. The number of carbonyl (C=O) groups is 1. The van der Waals surface area contributed by atoms with Gasteiger partial charge in [0.15, 0.2) is 18.9 Å². The zero-order valence-corrected chi connectivity index (χ0v) is 53.0. The van der Waals surface area contributed by atoms with Crippen molar-refractivity contribution in [1.29, 1.82) is 0 Å². The van der Waals surface area contributed by atoms with Gasteiger partial charge in [-0.1, -0.05) is 224 Å². The molecule has 1 amide bonds. The number of hydrogen-bond donors (Lipinski definition) is 12. The van der Waals surface area contributed by atoms with Crippen LogP contribution in [0.25, 0.3) is 0 Å². The molecule has 0 bridgehead atoms. The lowest BCUT2D eigenvalue weighted by Crippen LogP contribution is -2.66. The van der Waals surface area contributed by atoms with Gasteiger partial charge in [-0.2, -0.15) is 0 Å². The van der Waals surface area contributed by atoms with E-state index in [1.165, 1.54) is 180 Å². The largest absolute Gasteiger partial charge is 0.394 e. The molecule has 3 fully saturated rings. The summed E-state index contributed by atoms with van der Waals surface area (Å²) in [5.41, 5.74) is 0. The standard InChI is InChI=1S/C67H123NO18/c1-3-5-7-9-11-13-15-17-19-21-22-23-24-25-26-27-28-29-31-33-35-37-39-41-43-45-55(73)68-50(51(72)44-42-40-38-36-34-32-30-20-18-16-14-12-10-8-6-4-2)49-81-65-61(79)58(76)63(53(47-70)83-65)86-67-62(80)59(77)64(54(48-71)84-67)85-66-60(78)57(75)56(74)52(46-69)82-66/h21-22,34,36,42,44,50-54,56-67,69-72,74-80H,3-20,23-33,35,37-41,43,45-49H2,1-2H3,(H,68,73)/b22-21-,36-34+,44-42+. The molecule has 0 aromatic carbocycles. The molecule has 0 aromatic heterocycles. The van der Waals surface area contributed by atoms with Gasteiger partial charge in [-0.15, -0.1) is 0 Å². The zero-order chi connectivity index (χ0) is 62.6. The predicted molar refractivity (Wildman–Crippen MR) is 333 cm³/mol. The summed E-state index contributed by atoms with van der Waals surface area (Å²) in [6.45, 7) is 1.72. The Balaban J connectivity index is 1.44. The molecule has 19 heteroatoms. The van der Waals surface area contributed by atoms with Crippen LogP contribution in [0.1, 0.15) is 251 Å².